The molecule has 1 aliphatic rings. The molecule has 1 saturated heterocycles. The van der Waals surface area contributed by atoms with E-state index >= 15 is 0 Å². The number of benzene rings is 1. The second kappa shape index (κ2) is 8.79. The van der Waals surface area contributed by atoms with E-state index in [-0.39, 0.29) is 5.91 Å². The summed E-state index contributed by atoms with van der Waals surface area (Å²) in [6, 6.07) is 10.1. The maximum atomic E-state index is 12.0. The fourth-order valence-electron chi connectivity index (χ4n) is 2.94. The average molecular weight is 304 g/mol. The monoisotopic (exact) mass is 304 g/mol. The zero-order chi connectivity index (χ0) is 15.8. The third-order valence-electron chi connectivity index (χ3n) is 4.23. The molecule has 0 saturated carbocycles. The van der Waals surface area contributed by atoms with Crippen molar-refractivity contribution in [2.45, 2.75) is 39.2 Å². The van der Waals surface area contributed by atoms with Crippen LogP contribution in [0.15, 0.2) is 30.3 Å². The van der Waals surface area contributed by atoms with Crippen molar-refractivity contribution >= 4 is 5.91 Å². The maximum Gasteiger partial charge on any atom is 0.223 e. The van der Waals surface area contributed by atoms with E-state index in [9.17, 15) is 4.79 Å². The molecular formula is C18H28N2O2. The van der Waals surface area contributed by atoms with Crippen LogP contribution in [0.2, 0.25) is 0 Å². The van der Waals surface area contributed by atoms with Gasteiger partial charge in [-0.2, -0.15) is 0 Å². The van der Waals surface area contributed by atoms with Gasteiger partial charge < -0.3 is 10.1 Å². The van der Waals surface area contributed by atoms with Crippen molar-refractivity contribution in [2.24, 2.45) is 5.92 Å². The van der Waals surface area contributed by atoms with E-state index in [1.807, 2.05) is 30.3 Å². The van der Waals surface area contributed by atoms with Gasteiger partial charge in [-0.15, -0.1) is 0 Å². The number of amides is 1. The van der Waals surface area contributed by atoms with Crippen LogP contribution in [0.4, 0.5) is 0 Å². The van der Waals surface area contributed by atoms with Crippen molar-refractivity contribution in [1.29, 1.82) is 0 Å². The zero-order valence-corrected chi connectivity index (χ0v) is 13.8. The fourth-order valence-corrected chi connectivity index (χ4v) is 2.94. The Bertz CT molecular complexity index is 442. The molecule has 1 heterocycles. The van der Waals surface area contributed by atoms with Crippen LogP contribution in [-0.4, -0.2) is 43.1 Å². The van der Waals surface area contributed by atoms with Gasteiger partial charge in [-0.3, -0.25) is 9.69 Å². The van der Waals surface area contributed by atoms with E-state index in [1.165, 1.54) is 12.8 Å². The first-order valence-electron chi connectivity index (χ1n) is 8.35. The van der Waals surface area contributed by atoms with E-state index in [0.29, 0.717) is 25.0 Å². The second-order valence-corrected chi connectivity index (χ2v) is 6.27. The molecular weight excluding hydrogens is 276 g/mol. The van der Waals surface area contributed by atoms with Crippen LogP contribution in [0.1, 0.15) is 33.1 Å². The molecule has 0 aliphatic carbocycles. The molecule has 1 aromatic rings. The van der Waals surface area contributed by atoms with Crippen molar-refractivity contribution < 1.29 is 9.53 Å². The minimum Gasteiger partial charge on any atom is -0.493 e. The number of nitrogens with one attached hydrogen (secondary N) is 1. The van der Waals surface area contributed by atoms with Gasteiger partial charge in [0.25, 0.3) is 0 Å². The van der Waals surface area contributed by atoms with Gasteiger partial charge in [0, 0.05) is 12.6 Å². The van der Waals surface area contributed by atoms with Crippen LogP contribution in [0.25, 0.3) is 0 Å². The molecule has 122 valence electrons. The summed E-state index contributed by atoms with van der Waals surface area (Å²) in [4.78, 5) is 14.5. The number of nitrogens with zero attached hydrogens (tertiary/aromatic N) is 1. The number of rotatable bonds is 8. The molecule has 1 aliphatic heterocycles. The summed E-state index contributed by atoms with van der Waals surface area (Å²) in [5.74, 6) is 1.44. The first kappa shape index (κ1) is 16.8. The molecule has 1 aromatic carbocycles. The van der Waals surface area contributed by atoms with Gasteiger partial charge in [0.1, 0.15) is 5.75 Å². The maximum absolute atomic E-state index is 12.0. The van der Waals surface area contributed by atoms with E-state index in [1.54, 1.807) is 0 Å². The third kappa shape index (κ3) is 5.34. The molecule has 1 atom stereocenters. The van der Waals surface area contributed by atoms with E-state index in [2.05, 4.69) is 24.1 Å². The first-order valence-corrected chi connectivity index (χ1v) is 8.35. The quantitative estimate of drug-likeness (QED) is 0.803. The Kier molecular flexibility index (Phi) is 6.72. The zero-order valence-electron chi connectivity index (χ0n) is 13.8. The fraction of sp³-hybridized carbons (Fsp3) is 0.611. The van der Waals surface area contributed by atoms with Crippen LogP contribution < -0.4 is 10.1 Å². The Morgan fingerprint density at radius 2 is 1.91 bits per heavy atom. The molecule has 22 heavy (non-hydrogen) atoms. The average Bonchev–Trinajstić information content (AvgIpc) is 3.02. The van der Waals surface area contributed by atoms with Crippen LogP contribution in [0.5, 0.6) is 5.75 Å². The second-order valence-electron chi connectivity index (χ2n) is 6.27. The number of hydrogen-bond acceptors (Lipinski definition) is 3. The summed E-state index contributed by atoms with van der Waals surface area (Å²) in [6.07, 6.45) is 2.96. The molecule has 1 fully saturated rings. The molecule has 1 amide bonds. The first-order chi connectivity index (χ1) is 10.7. The number of ether oxygens (including phenoxy) is 1. The molecule has 1 unspecified atom stereocenters. The highest BCUT2D eigenvalue weighted by atomic mass is 16.5. The predicted octanol–water partition coefficient (Wildman–Crippen LogP) is 2.69. The number of para-hydroxylation sites is 1. The van der Waals surface area contributed by atoms with Gasteiger partial charge in [-0.05, 0) is 44.0 Å². The standard InChI is InChI=1S/C18H28N2O2/c1-15(2)17(20-11-6-7-12-20)14-19-18(21)10-13-22-16-8-4-3-5-9-16/h3-5,8-9,15,17H,6-7,10-14H2,1-2H3,(H,19,21). The summed E-state index contributed by atoms with van der Waals surface area (Å²) < 4.78 is 5.56. The number of likely N-dealkylation sites (tertiary alicyclic amines) is 1. The predicted molar refractivity (Wildman–Crippen MR) is 89.0 cm³/mol. The van der Waals surface area contributed by atoms with Gasteiger partial charge in [-0.1, -0.05) is 32.0 Å². The van der Waals surface area contributed by atoms with Crippen molar-refractivity contribution in [3.05, 3.63) is 30.3 Å². The van der Waals surface area contributed by atoms with Crippen molar-refractivity contribution in [2.75, 3.05) is 26.2 Å². The highest BCUT2D eigenvalue weighted by molar-refractivity contribution is 5.76. The summed E-state index contributed by atoms with van der Waals surface area (Å²) >= 11 is 0. The Balaban J connectivity index is 1.67. The normalized spacial score (nSPS) is 16.7. The molecule has 0 bridgehead atoms. The van der Waals surface area contributed by atoms with Crippen molar-refractivity contribution in [3.8, 4) is 5.75 Å². The highest BCUT2D eigenvalue weighted by Gasteiger charge is 2.24. The van der Waals surface area contributed by atoms with E-state index in [4.69, 9.17) is 4.74 Å². The molecule has 4 heteroatoms. The minimum atomic E-state index is 0.0702. The van der Waals surface area contributed by atoms with Gasteiger partial charge in [0.05, 0.1) is 13.0 Å². The summed E-state index contributed by atoms with van der Waals surface area (Å²) in [6.45, 7) is 7.95. The molecule has 2 rings (SSSR count). The number of carbonyl (C=O) groups excluding carboxylic acids is 1. The van der Waals surface area contributed by atoms with Crippen molar-refractivity contribution in [1.82, 2.24) is 10.2 Å². The summed E-state index contributed by atoms with van der Waals surface area (Å²) in [5, 5.41) is 3.07. The Morgan fingerprint density at radius 3 is 2.55 bits per heavy atom. The number of hydrogen-bond donors (Lipinski definition) is 1. The topological polar surface area (TPSA) is 41.6 Å². The summed E-state index contributed by atoms with van der Waals surface area (Å²) in [7, 11) is 0. The lowest BCUT2D eigenvalue weighted by Crippen LogP contribution is -2.45. The summed E-state index contributed by atoms with van der Waals surface area (Å²) in [5.41, 5.74) is 0. The van der Waals surface area contributed by atoms with Crippen LogP contribution in [0.3, 0.4) is 0 Å². The lowest BCUT2D eigenvalue weighted by atomic mass is 10.0. The van der Waals surface area contributed by atoms with Crippen LogP contribution >= 0.6 is 0 Å². The Hall–Kier alpha value is -1.55. The smallest absolute Gasteiger partial charge is 0.223 e. The Labute approximate surface area is 133 Å². The van der Waals surface area contributed by atoms with Gasteiger partial charge in [0.15, 0.2) is 0 Å². The highest BCUT2D eigenvalue weighted by Crippen LogP contribution is 2.17. The van der Waals surface area contributed by atoms with Crippen LogP contribution in [-0.2, 0) is 4.79 Å². The largest absolute Gasteiger partial charge is 0.493 e. The van der Waals surface area contributed by atoms with Gasteiger partial charge in [-0.25, -0.2) is 0 Å². The van der Waals surface area contributed by atoms with Crippen molar-refractivity contribution in [3.63, 3.8) is 0 Å². The minimum absolute atomic E-state index is 0.0702. The van der Waals surface area contributed by atoms with Gasteiger partial charge in [0.2, 0.25) is 5.91 Å². The lowest BCUT2D eigenvalue weighted by Gasteiger charge is -2.31. The number of carbonyl (C=O) groups is 1. The van der Waals surface area contributed by atoms with Crippen LogP contribution in [0, 0.1) is 5.92 Å². The Morgan fingerprint density at radius 1 is 1.23 bits per heavy atom. The third-order valence-corrected chi connectivity index (χ3v) is 4.23. The lowest BCUT2D eigenvalue weighted by molar-refractivity contribution is -0.121. The SMILES string of the molecule is CC(C)C(CNC(=O)CCOc1ccccc1)N1CCCC1. The molecule has 0 aromatic heterocycles. The van der Waals surface area contributed by atoms with Gasteiger partial charge >= 0.3 is 0 Å². The van der Waals surface area contributed by atoms with E-state index in [0.717, 1.165) is 25.4 Å². The molecule has 4 nitrogen and oxygen atoms in total. The molecule has 1 N–H and O–H groups in total. The van der Waals surface area contributed by atoms with E-state index < -0.39 is 0 Å². The molecule has 0 spiro atoms. The molecule has 0 radical (unpaired) electrons.